The number of rotatable bonds is 2. The van der Waals surface area contributed by atoms with Crippen molar-refractivity contribution < 1.29 is 0 Å². The summed E-state index contributed by atoms with van der Waals surface area (Å²) >= 11 is 0. The van der Waals surface area contributed by atoms with E-state index in [9.17, 15) is 0 Å². The van der Waals surface area contributed by atoms with E-state index in [1.54, 1.807) is 0 Å². The van der Waals surface area contributed by atoms with Gasteiger partial charge in [0.2, 0.25) is 0 Å². The predicted octanol–water partition coefficient (Wildman–Crippen LogP) is 3.18. The third kappa shape index (κ3) is 3.96. The number of hydrogen-bond acceptors (Lipinski definition) is 2. The Labute approximate surface area is 108 Å². The van der Waals surface area contributed by atoms with E-state index < -0.39 is 0 Å². The van der Waals surface area contributed by atoms with Crippen molar-refractivity contribution in [3.05, 3.63) is 0 Å². The van der Waals surface area contributed by atoms with Gasteiger partial charge in [-0.1, -0.05) is 54.9 Å². The lowest BCUT2D eigenvalue weighted by atomic mass is 9.76. The van der Waals surface area contributed by atoms with Crippen molar-refractivity contribution in [2.24, 2.45) is 10.8 Å². The minimum absolute atomic E-state index is 0.316. The quantitative estimate of drug-likeness (QED) is 0.774. The fraction of sp³-hybridized carbons (Fsp3) is 1.00. The molecule has 0 spiro atoms. The zero-order valence-electron chi connectivity index (χ0n) is 12.9. The Morgan fingerprint density at radius 3 is 2.00 bits per heavy atom. The van der Waals surface area contributed by atoms with E-state index in [0.717, 1.165) is 6.54 Å². The normalized spacial score (nSPS) is 31.6. The minimum Gasteiger partial charge on any atom is -0.311 e. The second-order valence-electron chi connectivity index (χ2n) is 7.73. The van der Waals surface area contributed by atoms with Gasteiger partial charge in [0.05, 0.1) is 0 Å². The SMILES string of the molecule is CCCC1NCC(C(C)(C)C)NC1C(C)(C)C. The van der Waals surface area contributed by atoms with Gasteiger partial charge in [-0.05, 0) is 17.3 Å². The van der Waals surface area contributed by atoms with Crippen LogP contribution in [-0.4, -0.2) is 24.7 Å². The highest BCUT2D eigenvalue weighted by Crippen LogP contribution is 2.30. The first-order valence-corrected chi connectivity index (χ1v) is 7.15. The van der Waals surface area contributed by atoms with Crippen LogP contribution < -0.4 is 10.6 Å². The zero-order valence-corrected chi connectivity index (χ0v) is 12.9. The molecular formula is C15H32N2. The fourth-order valence-electron chi connectivity index (χ4n) is 2.77. The average molecular weight is 240 g/mol. The van der Waals surface area contributed by atoms with Crippen molar-refractivity contribution in [2.45, 2.75) is 79.4 Å². The van der Waals surface area contributed by atoms with E-state index in [2.05, 4.69) is 59.1 Å². The first-order valence-electron chi connectivity index (χ1n) is 7.15. The Morgan fingerprint density at radius 2 is 1.59 bits per heavy atom. The maximum absolute atomic E-state index is 3.91. The molecule has 0 radical (unpaired) electrons. The summed E-state index contributed by atoms with van der Waals surface area (Å²) in [6.07, 6.45) is 2.53. The molecule has 2 N–H and O–H groups in total. The molecule has 0 aromatic heterocycles. The van der Waals surface area contributed by atoms with Crippen LogP contribution in [0.15, 0.2) is 0 Å². The zero-order chi connectivity index (χ0) is 13.3. The molecule has 1 heterocycles. The Morgan fingerprint density at radius 1 is 1.00 bits per heavy atom. The van der Waals surface area contributed by atoms with E-state index in [1.165, 1.54) is 12.8 Å². The lowest BCUT2D eigenvalue weighted by Crippen LogP contribution is -2.67. The molecule has 1 fully saturated rings. The van der Waals surface area contributed by atoms with Crippen LogP contribution in [0.2, 0.25) is 0 Å². The number of nitrogens with one attached hydrogen (secondary N) is 2. The van der Waals surface area contributed by atoms with Gasteiger partial charge in [-0.25, -0.2) is 0 Å². The summed E-state index contributed by atoms with van der Waals surface area (Å²) in [5, 5.41) is 7.68. The monoisotopic (exact) mass is 240 g/mol. The third-order valence-corrected chi connectivity index (χ3v) is 3.95. The summed E-state index contributed by atoms with van der Waals surface area (Å²) in [6, 6.07) is 1.76. The Hall–Kier alpha value is -0.0800. The van der Waals surface area contributed by atoms with E-state index >= 15 is 0 Å². The highest BCUT2D eigenvalue weighted by molar-refractivity contribution is 5.00. The second kappa shape index (κ2) is 5.27. The molecule has 0 saturated carbocycles. The van der Waals surface area contributed by atoms with Crippen LogP contribution in [0.4, 0.5) is 0 Å². The van der Waals surface area contributed by atoms with Crippen molar-refractivity contribution >= 4 is 0 Å². The molecular weight excluding hydrogens is 208 g/mol. The molecule has 1 aliphatic rings. The Kier molecular flexibility index (Phi) is 4.65. The molecule has 3 unspecified atom stereocenters. The fourth-order valence-corrected chi connectivity index (χ4v) is 2.77. The maximum Gasteiger partial charge on any atom is 0.0272 e. The third-order valence-electron chi connectivity index (χ3n) is 3.95. The van der Waals surface area contributed by atoms with Gasteiger partial charge in [-0.15, -0.1) is 0 Å². The molecule has 0 aromatic rings. The first kappa shape index (κ1) is 15.0. The predicted molar refractivity (Wildman–Crippen MR) is 76.3 cm³/mol. The minimum atomic E-state index is 0.316. The molecule has 1 saturated heterocycles. The molecule has 102 valence electrons. The number of piperazine rings is 1. The van der Waals surface area contributed by atoms with E-state index in [4.69, 9.17) is 0 Å². The molecule has 0 aliphatic carbocycles. The highest BCUT2D eigenvalue weighted by Gasteiger charge is 2.39. The summed E-state index contributed by atoms with van der Waals surface area (Å²) in [7, 11) is 0. The standard InChI is InChI=1S/C15H32N2/c1-8-9-11-13(15(5,6)7)17-12(10-16-11)14(2,3)4/h11-13,16-17H,8-10H2,1-7H3. The van der Waals surface area contributed by atoms with Gasteiger partial charge in [0.25, 0.3) is 0 Å². The summed E-state index contributed by atoms with van der Waals surface area (Å²) in [5.74, 6) is 0. The molecule has 0 aromatic carbocycles. The van der Waals surface area contributed by atoms with Crippen molar-refractivity contribution in [3.8, 4) is 0 Å². The van der Waals surface area contributed by atoms with E-state index in [-0.39, 0.29) is 0 Å². The summed E-state index contributed by atoms with van der Waals surface area (Å²) in [5.41, 5.74) is 0.643. The highest BCUT2D eigenvalue weighted by atomic mass is 15.1. The molecule has 3 atom stereocenters. The molecule has 1 rings (SSSR count). The van der Waals surface area contributed by atoms with Gasteiger partial charge in [0, 0.05) is 24.7 Å². The first-order chi connectivity index (χ1) is 7.66. The van der Waals surface area contributed by atoms with Crippen molar-refractivity contribution in [1.29, 1.82) is 0 Å². The Balaban J connectivity index is 2.77. The van der Waals surface area contributed by atoms with Crippen LogP contribution in [0.25, 0.3) is 0 Å². The van der Waals surface area contributed by atoms with Crippen molar-refractivity contribution in [2.75, 3.05) is 6.54 Å². The van der Waals surface area contributed by atoms with Crippen LogP contribution in [0, 0.1) is 10.8 Å². The van der Waals surface area contributed by atoms with Gasteiger partial charge in [0.1, 0.15) is 0 Å². The number of hydrogen-bond donors (Lipinski definition) is 2. The van der Waals surface area contributed by atoms with Gasteiger partial charge < -0.3 is 10.6 Å². The van der Waals surface area contributed by atoms with Gasteiger partial charge in [-0.2, -0.15) is 0 Å². The largest absolute Gasteiger partial charge is 0.311 e. The molecule has 0 bridgehead atoms. The van der Waals surface area contributed by atoms with Crippen LogP contribution in [0.5, 0.6) is 0 Å². The molecule has 0 amide bonds. The second-order valence-corrected chi connectivity index (χ2v) is 7.73. The van der Waals surface area contributed by atoms with E-state index in [0.29, 0.717) is 29.0 Å². The summed E-state index contributed by atoms with van der Waals surface area (Å²) in [4.78, 5) is 0. The molecule has 2 heteroatoms. The molecule has 17 heavy (non-hydrogen) atoms. The van der Waals surface area contributed by atoms with Crippen molar-refractivity contribution in [1.82, 2.24) is 10.6 Å². The van der Waals surface area contributed by atoms with Crippen LogP contribution in [-0.2, 0) is 0 Å². The topological polar surface area (TPSA) is 24.1 Å². The lowest BCUT2D eigenvalue weighted by molar-refractivity contribution is 0.106. The summed E-state index contributed by atoms with van der Waals surface area (Å²) in [6.45, 7) is 17.4. The van der Waals surface area contributed by atoms with Crippen molar-refractivity contribution in [3.63, 3.8) is 0 Å². The summed E-state index contributed by atoms with van der Waals surface area (Å²) < 4.78 is 0. The molecule has 1 aliphatic heterocycles. The van der Waals surface area contributed by atoms with Crippen LogP contribution in [0.1, 0.15) is 61.3 Å². The van der Waals surface area contributed by atoms with E-state index in [1.807, 2.05) is 0 Å². The van der Waals surface area contributed by atoms with Crippen LogP contribution >= 0.6 is 0 Å². The van der Waals surface area contributed by atoms with Crippen LogP contribution in [0.3, 0.4) is 0 Å². The smallest absolute Gasteiger partial charge is 0.0272 e. The molecule has 2 nitrogen and oxygen atoms in total. The average Bonchev–Trinajstić information content (AvgIpc) is 2.15. The van der Waals surface area contributed by atoms with Gasteiger partial charge >= 0.3 is 0 Å². The van der Waals surface area contributed by atoms with Gasteiger partial charge in [0.15, 0.2) is 0 Å². The maximum atomic E-state index is 3.91. The lowest BCUT2D eigenvalue weighted by Gasteiger charge is -2.48. The Bertz CT molecular complexity index is 234. The van der Waals surface area contributed by atoms with Gasteiger partial charge in [-0.3, -0.25) is 0 Å².